The Morgan fingerprint density at radius 3 is 2.73 bits per heavy atom. The van der Waals surface area contributed by atoms with Gasteiger partial charge in [0, 0.05) is 29.2 Å². The maximum atomic E-state index is 13.1. The molecule has 0 bridgehead atoms. The fourth-order valence-electron chi connectivity index (χ4n) is 3.26. The van der Waals surface area contributed by atoms with Crippen LogP contribution in [0.4, 0.5) is 10.1 Å². The summed E-state index contributed by atoms with van der Waals surface area (Å²) in [7, 11) is 0. The normalized spacial score (nSPS) is 17.7. The van der Waals surface area contributed by atoms with E-state index in [1.165, 1.54) is 22.6 Å². The summed E-state index contributed by atoms with van der Waals surface area (Å²) in [6.45, 7) is 6.85. The molecule has 3 rings (SSSR count). The van der Waals surface area contributed by atoms with Crippen LogP contribution < -0.4 is 10.2 Å². The molecule has 3 nitrogen and oxygen atoms in total. The van der Waals surface area contributed by atoms with E-state index in [-0.39, 0.29) is 5.82 Å². The van der Waals surface area contributed by atoms with Gasteiger partial charge in [0.2, 0.25) is 0 Å². The summed E-state index contributed by atoms with van der Waals surface area (Å²) in [5.74, 6) is -0.182. The molecule has 2 aromatic rings. The Labute approximate surface area is 164 Å². The van der Waals surface area contributed by atoms with Crippen molar-refractivity contribution in [3.8, 4) is 0 Å². The fourth-order valence-corrected chi connectivity index (χ4v) is 3.72. The summed E-state index contributed by atoms with van der Waals surface area (Å²) in [6.07, 6.45) is 1.08. The first-order chi connectivity index (χ1) is 12.5. The van der Waals surface area contributed by atoms with Crippen LogP contribution in [0, 0.1) is 12.7 Å². The van der Waals surface area contributed by atoms with E-state index in [9.17, 15) is 4.39 Å². The lowest BCUT2D eigenvalue weighted by Gasteiger charge is -2.24. The van der Waals surface area contributed by atoms with Gasteiger partial charge in [-0.1, -0.05) is 29.8 Å². The molecule has 0 aromatic heterocycles. The van der Waals surface area contributed by atoms with E-state index in [4.69, 9.17) is 23.8 Å². The van der Waals surface area contributed by atoms with Crippen LogP contribution in [0.5, 0.6) is 0 Å². The smallest absolute Gasteiger partial charge is 0.173 e. The molecule has 1 heterocycles. The number of hydrogen-bond donors (Lipinski definition) is 2. The minimum absolute atomic E-state index is 0.182. The topological polar surface area (TPSA) is 19.7 Å². The highest BCUT2D eigenvalue weighted by Crippen LogP contribution is 2.23. The SMILES string of the molecule is Cc1c(Cl)cccc1NC(=S)N1CCC[NH+](Cc2ccc(F)cc2)CC1. The Morgan fingerprint density at radius 1 is 1.19 bits per heavy atom. The van der Waals surface area contributed by atoms with Gasteiger partial charge in [-0.2, -0.15) is 0 Å². The second-order valence-electron chi connectivity index (χ2n) is 6.74. The molecule has 2 aromatic carbocycles. The number of nitrogens with one attached hydrogen (secondary N) is 2. The predicted molar refractivity (Wildman–Crippen MR) is 109 cm³/mol. The van der Waals surface area contributed by atoms with Crippen LogP contribution in [-0.2, 0) is 6.54 Å². The molecule has 1 saturated heterocycles. The zero-order valence-corrected chi connectivity index (χ0v) is 16.5. The second kappa shape index (κ2) is 8.80. The predicted octanol–water partition coefficient (Wildman–Crippen LogP) is 3.28. The molecular weight excluding hydrogens is 369 g/mol. The molecule has 26 heavy (non-hydrogen) atoms. The first kappa shape index (κ1) is 19.1. The third-order valence-electron chi connectivity index (χ3n) is 4.86. The summed E-state index contributed by atoms with van der Waals surface area (Å²) in [6, 6.07) is 12.6. The van der Waals surface area contributed by atoms with Gasteiger partial charge in [-0.25, -0.2) is 4.39 Å². The Morgan fingerprint density at radius 2 is 1.96 bits per heavy atom. The summed E-state index contributed by atoms with van der Waals surface area (Å²) in [5.41, 5.74) is 3.14. The molecule has 1 unspecified atom stereocenters. The van der Waals surface area contributed by atoms with E-state index in [0.717, 1.165) is 60.5 Å². The van der Waals surface area contributed by atoms with Crippen LogP contribution in [0.15, 0.2) is 42.5 Å². The minimum atomic E-state index is -0.182. The molecule has 0 spiro atoms. The van der Waals surface area contributed by atoms with E-state index in [2.05, 4.69) is 10.2 Å². The van der Waals surface area contributed by atoms with Gasteiger partial charge in [0.15, 0.2) is 5.11 Å². The Hall–Kier alpha value is -1.69. The number of hydrogen-bond acceptors (Lipinski definition) is 1. The van der Waals surface area contributed by atoms with Crippen molar-refractivity contribution in [1.29, 1.82) is 0 Å². The van der Waals surface area contributed by atoms with Gasteiger partial charge in [0.1, 0.15) is 12.4 Å². The van der Waals surface area contributed by atoms with E-state index in [1.54, 1.807) is 0 Å². The summed E-state index contributed by atoms with van der Waals surface area (Å²) in [5, 5.41) is 4.83. The quantitative estimate of drug-likeness (QED) is 0.782. The van der Waals surface area contributed by atoms with Crippen molar-refractivity contribution in [1.82, 2.24) is 4.90 Å². The Bertz CT molecular complexity index is 766. The molecule has 0 radical (unpaired) electrons. The maximum Gasteiger partial charge on any atom is 0.173 e. The first-order valence-corrected chi connectivity index (χ1v) is 9.70. The van der Waals surface area contributed by atoms with Gasteiger partial charge < -0.3 is 15.1 Å². The average molecular weight is 393 g/mol. The van der Waals surface area contributed by atoms with Crippen LogP contribution in [0.25, 0.3) is 0 Å². The van der Waals surface area contributed by atoms with Crippen molar-refractivity contribution >= 4 is 34.6 Å². The number of quaternary nitrogens is 1. The maximum absolute atomic E-state index is 13.1. The van der Waals surface area contributed by atoms with E-state index >= 15 is 0 Å². The van der Waals surface area contributed by atoms with E-state index in [0.29, 0.717) is 0 Å². The van der Waals surface area contributed by atoms with Gasteiger partial charge in [-0.3, -0.25) is 0 Å². The van der Waals surface area contributed by atoms with Gasteiger partial charge in [0.25, 0.3) is 0 Å². The third-order valence-corrected chi connectivity index (χ3v) is 5.63. The molecule has 1 fully saturated rings. The van der Waals surface area contributed by atoms with Crippen molar-refractivity contribution in [2.24, 2.45) is 0 Å². The van der Waals surface area contributed by atoms with Gasteiger partial charge in [0.05, 0.1) is 19.6 Å². The van der Waals surface area contributed by atoms with Crippen LogP contribution in [0.3, 0.4) is 0 Å². The van der Waals surface area contributed by atoms with Gasteiger partial charge in [-0.15, -0.1) is 0 Å². The molecule has 1 aliphatic rings. The Kier molecular flexibility index (Phi) is 6.46. The number of rotatable bonds is 3. The van der Waals surface area contributed by atoms with Gasteiger partial charge in [-0.05, 0) is 49.0 Å². The van der Waals surface area contributed by atoms with Crippen molar-refractivity contribution in [2.75, 3.05) is 31.5 Å². The van der Waals surface area contributed by atoms with Crippen molar-refractivity contribution in [3.05, 3.63) is 64.4 Å². The zero-order chi connectivity index (χ0) is 18.5. The lowest BCUT2D eigenvalue weighted by molar-refractivity contribution is -0.911. The first-order valence-electron chi connectivity index (χ1n) is 8.92. The highest BCUT2D eigenvalue weighted by molar-refractivity contribution is 7.80. The van der Waals surface area contributed by atoms with E-state index in [1.807, 2.05) is 37.3 Å². The van der Waals surface area contributed by atoms with Crippen LogP contribution >= 0.6 is 23.8 Å². The summed E-state index contributed by atoms with van der Waals surface area (Å²) >= 11 is 11.8. The molecule has 0 aliphatic carbocycles. The number of nitrogens with zero attached hydrogens (tertiary/aromatic N) is 1. The highest BCUT2D eigenvalue weighted by atomic mass is 35.5. The third kappa shape index (κ3) is 4.93. The van der Waals surface area contributed by atoms with Crippen molar-refractivity contribution in [3.63, 3.8) is 0 Å². The lowest BCUT2D eigenvalue weighted by Crippen LogP contribution is -3.11. The standard InChI is InChI=1S/C20H23ClFN3S/c1-15-18(21)4-2-5-19(15)23-20(26)25-11-3-10-24(12-13-25)14-16-6-8-17(22)9-7-16/h2,4-9H,3,10-14H2,1H3,(H,23,26)/p+1. The summed E-state index contributed by atoms with van der Waals surface area (Å²) < 4.78 is 13.1. The van der Waals surface area contributed by atoms with Crippen LogP contribution in [-0.4, -0.2) is 36.2 Å². The van der Waals surface area contributed by atoms with Crippen LogP contribution in [0.1, 0.15) is 17.5 Å². The molecule has 1 aliphatic heterocycles. The van der Waals surface area contributed by atoms with E-state index < -0.39 is 0 Å². The van der Waals surface area contributed by atoms with Crippen molar-refractivity contribution in [2.45, 2.75) is 19.9 Å². The molecule has 0 saturated carbocycles. The summed E-state index contributed by atoms with van der Waals surface area (Å²) in [4.78, 5) is 3.73. The number of thiocarbonyl (C=S) groups is 1. The Balaban J connectivity index is 1.56. The highest BCUT2D eigenvalue weighted by Gasteiger charge is 2.20. The number of halogens is 2. The second-order valence-corrected chi connectivity index (χ2v) is 7.53. The van der Waals surface area contributed by atoms with Crippen molar-refractivity contribution < 1.29 is 9.29 Å². The van der Waals surface area contributed by atoms with Crippen LogP contribution in [0.2, 0.25) is 5.02 Å². The molecule has 2 N–H and O–H groups in total. The molecular formula is C20H24ClFN3S+. The molecule has 0 amide bonds. The fraction of sp³-hybridized carbons (Fsp3) is 0.350. The zero-order valence-electron chi connectivity index (χ0n) is 14.9. The van der Waals surface area contributed by atoms with Gasteiger partial charge >= 0.3 is 0 Å². The largest absolute Gasteiger partial charge is 0.343 e. The monoisotopic (exact) mass is 392 g/mol. The molecule has 6 heteroatoms. The molecule has 1 atom stereocenters. The molecule has 138 valence electrons. The average Bonchev–Trinajstić information content (AvgIpc) is 2.86. The lowest BCUT2D eigenvalue weighted by atomic mass is 10.2. The minimum Gasteiger partial charge on any atom is -0.343 e. The number of anilines is 1. The number of benzene rings is 2.